The van der Waals surface area contributed by atoms with Gasteiger partial charge in [0.2, 0.25) is 6.41 Å². The van der Waals surface area contributed by atoms with Crippen molar-refractivity contribution in [2.24, 2.45) is 0 Å². The molecule has 1 heterocycles. The van der Waals surface area contributed by atoms with Crippen LogP contribution in [0.4, 0.5) is 5.69 Å². The zero-order chi connectivity index (χ0) is 11.4. The van der Waals surface area contributed by atoms with E-state index in [4.69, 9.17) is 4.74 Å². The Morgan fingerprint density at radius 2 is 2.31 bits per heavy atom. The number of carbonyl (C=O) groups is 1. The summed E-state index contributed by atoms with van der Waals surface area (Å²) < 4.78 is 6.57. The minimum atomic E-state index is 0.595. The van der Waals surface area contributed by atoms with Gasteiger partial charge in [-0.15, -0.1) is 5.10 Å². The van der Waals surface area contributed by atoms with E-state index in [9.17, 15) is 4.79 Å². The van der Waals surface area contributed by atoms with Gasteiger partial charge >= 0.3 is 0 Å². The average molecular weight is 219 g/mol. The number of tetrazole rings is 1. The van der Waals surface area contributed by atoms with Crippen LogP contribution in [0.25, 0.3) is 5.69 Å². The van der Waals surface area contributed by atoms with Gasteiger partial charge in [-0.2, -0.15) is 0 Å². The molecule has 0 aliphatic carbocycles. The van der Waals surface area contributed by atoms with Crippen LogP contribution in [0.1, 0.15) is 0 Å². The molecule has 0 saturated carbocycles. The van der Waals surface area contributed by atoms with Gasteiger partial charge in [0.05, 0.1) is 12.8 Å². The number of aromatic nitrogens is 4. The average Bonchev–Trinajstić information content (AvgIpc) is 2.82. The molecule has 0 radical (unpaired) electrons. The van der Waals surface area contributed by atoms with E-state index in [1.807, 2.05) is 0 Å². The molecule has 0 atom stereocenters. The first kappa shape index (κ1) is 10.1. The highest BCUT2D eigenvalue weighted by molar-refractivity contribution is 5.73. The summed E-state index contributed by atoms with van der Waals surface area (Å²) in [4.78, 5) is 10.4. The van der Waals surface area contributed by atoms with Gasteiger partial charge in [-0.25, -0.2) is 4.68 Å². The summed E-state index contributed by atoms with van der Waals surface area (Å²) in [6.45, 7) is 0. The van der Waals surface area contributed by atoms with Gasteiger partial charge in [-0.05, 0) is 16.5 Å². The molecule has 2 aromatic rings. The van der Waals surface area contributed by atoms with Crippen LogP contribution in [-0.4, -0.2) is 33.7 Å². The van der Waals surface area contributed by atoms with Gasteiger partial charge in [-0.3, -0.25) is 4.79 Å². The lowest BCUT2D eigenvalue weighted by molar-refractivity contribution is -0.105. The highest BCUT2D eigenvalue weighted by Gasteiger charge is 2.03. The zero-order valence-electron chi connectivity index (χ0n) is 8.49. The van der Waals surface area contributed by atoms with E-state index in [1.165, 1.54) is 11.0 Å². The van der Waals surface area contributed by atoms with E-state index in [0.29, 0.717) is 23.5 Å². The summed E-state index contributed by atoms with van der Waals surface area (Å²) in [6.07, 6.45) is 2.05. The molecule has 0 aliphatic heterocycles. The molecule has 1 amide bonds. The number of amides is 1. The van der Waals surface area contributed by atoms with Gasteiger partial charge in [0.15, 0.2) is 0 Å². The van der Waals surface area contributed by atoms with Gasteiger partial charge in [0.25, 0.3) is 0 Å². The highest BCUT2D eigenvalue weighted by Crippen LogP contribution is 2.22. The van der Waals surface area contributed by atoms with Crippen LogP contribution in [0.3, 0.4) is 0 Å². The third kappa shape index (κ3) is 1.97. The minimum absolute atomic E-state index is 0.595. The summed E-state index contributed by atoms with van der Waals surface area (Å²) in [5.74, 6) is 0.609. The number of hydrogen-bond donors (Lipinski definition) is 1. The Labute approximate surface area is 91.0 Å². The van der Waals surface area contributed by atoms with Crippen LogP contribution in [0.15, 0.2) is 24.5 Å². The number of rotatable bonds is 4. The van der Waals surface area contributed by atoms with Gasteiger partial charge in [0.1, 0.15) is 12.1 Å². The highest BCUT2D eigenvalue weighted by atomic mass is 16.5. The molecule has 0 unspecified atom stereocenters. The fourth-order valence-corrected chi connectivity index (χ4v) is 1.26. The molecule has 2 rings (SSSR count). The van der Waals surface area contributed by atoms with Crippen molar-refractivity contribution >= 4 is 12.1 Å². The molecule has 1 aromatic carbocycles. The molecular formula is C9H9N5O2. The molecule has 1 N–H and O–H groups in total. The van der Waals surface area contributed by atoms with Crippen LogP contribution < -0.4 is 10.1 Å². The van der Waals surface area contributed by atoms with Gasteiger partial charge in [-0.1, -0.05) is 0 Å². The van der Waals surface area contributed by atoms with E-state index >= 15 is 0 Å². The second kappa shape index (κ2) is 4.39. The van der Waals surface area contributed by atoms with Crippen LogP contribution in [-0.2, 0) is 4.79 Å². The minimum Gasteiger partial charge on any atom is -0.497 e. The van der Waals surface area contributed by atoms with E-state index in [2.05, 4.69) is 20.8 Å². The quantitative estimate of drug-likeness (QED) is 0.745. The number of benzene rings is 1. The third-order valence-electron chi connectivity index (χ3n) is 1.97. The number of ether oxygens (including phenoxy) is 1. The Morgan fingerprint density at radius 1 is 1.44 bits per heavy atom. The maximum absolute atomic E-state index is 10.4. The van der Waals surface area contributed by atoms with Crippen molar-refractivity contribution < 1.29 is 9.53 Å². The smallest absolute Gasteiger partial charge is 0.211 e. The maximum atomic E-state index is 10.4. The third-order valence-corrected chi connectivity index (χ3v) is 1.97. The number of anilines is 1. The largest absolute Gasteiger partial charge is 0.497 e. The lowest BCUT2D eigenvalue weighted by Crippen LogP contribution is -2.00. The first-order chi connectivity index (χ1) is 7.83. The SMILES string of the molecule is COc1cc(NC=O)cc(-n2cnnn2)c1. The number of hydrogen-bond acceptors (Lipinski definition) is 5. The van der Waals surface area contributed by atoms with E-state index in [1.54, 1.807) is 25.3 Å². The number of nitrogens with one attached hydrogen (secondary N) is 1. The molecule has 16 heavy (non-hydrogen) atoms. The van der Waals surface area contributed by atoms with E-state index < -0.39 is 0 Å². The lowest BCUT2D eigenvalue weighted by atomic mass is 10.2. The normalized spacial score (nSPS) is 9.81. The molecule has 0 fully saturated rings. The molecule has 7 heteroatoms. The molecular weight excluding hydrogens is 210 g/mol. The fraction of sp³-hybridized carbons (Fsp3) is 0.111. The standard InChI is InChI=1S/C9H9N5O2/c1-16-9-3-7(10-6-15)2-8(4-9)14-5-11-12-13-14/h2-6H,1H3,(H,10,15). The lowest BCUT2D eigenvalue weighted by Gasteiger charge is -2.07. The molecule has 0 saturated heterocycles. The number of nitrogens with zero attached hydrogens (tertiary/aromatic N) is 4. The Morgan fingerprint density at radius 3 is 2.94 bits per heavy atom. The van der Waals surface area contributed by atoms with Crippen LogP contribution in [0, 0.1) is 0 Å². The predicted octanol–water partition coefficient (Wildman–Crippen LogP) is 0.239. The Hall–Kier alpha value is -2.44. The van der Waals surface area contributed by atoms with E-state index in [-0.39, 0.29) is 0 Å². The topological polar surface area (TPSA) is 81.9 Å². The summed E-state index contributed by atoms with van der Waals surface area (Å²) >= 11 is 0. The molecule has 1 aromatic heterocycles. The predicted molar refractivity (Wildman–Crippen MR) is 55.4 cm³/mol. The Kier molecular flexibility index (Phi) is 2.77. The molecule has 0 aliphatic rings. The van der Waals surface area contributed by atoms with E-state index in [0.717, 1.165) is 0 Å². The van der Waals surface area contributed by atoms with Crippen LogP contribution in [0.2, 0.25) is 0 Å². The Balaban J connectivity index is 2.44. The summed E-state index contributed by atoms with van der Waals surface area (Å²) in [6, 6.07) is 5.18. The van der Waals surface area contributed by atoms with Crippen molar-refractivity contribution in [3.8, 4) is 11.4 Å². The monoisotopic (exact) mass is 219 g/mol. The first-order valence-corrected chi connectivity index (χ1v) is 4.46. The van der Waals surface area contributed by atoms with Crippen molar-refractivity contribution in [1.29, 1.82) is 0 Å². The summed E-state index contributed by atoms with van der Waals surface area (Å²) in [7, 11) is 1.55. The molecule has 7 nitrogen and oxygen atoms in total. The van der Waals surface area contributed by atoms with Crippen LogP contribution >= 0.6 is 0 Å². The van der Waals surface area contributed by atoms with Crippen molar-refractivity contribution in [2.45, 2.75) is 0 Å². The maximum Gasteiger partial charge on any atom is 0.211 e. The number of methoxy groups -OCH3 is 1. The second-order valence-electron chi connectivity index (χ2n) is 2.94. The van der Waals surface area contributed by atoms with Gasteiger partial charge < -0.3 is 10.1 Å². The summed E-state index contributed by atoms with van der Waals surface area (Å²) in [5.41, 5.74) is 1.31. The summed E-state index contributed by atoms with van der Waals surface area (Å²) in [5, 5.41) is 13.4. The van der Waals surface area contributed by atoms with Crippen molar-refractivity contribution in [2.75, 3.05) is 12.4 Å². The van der Waals surface area contributed by atoms with Crippen molar-refractivity contribution in [3.05, 3.63) is 24.5 Å². The van der Waals surface area contributed by atoms with Crippen LogP contribution in [0.5, 0.6) is 5.75 Å². The molecule has 0 spiro atoms. The Bertz CT molecular complexity index is 483. The van der Waals surface area contributed by atoms with Crippen molar-refractivity contribution in [1.82, 2.24) is 20.2 Å². The first-order valence-electron chi connectivity index (χ1n) is 4.46. The van der Waals surface area contributed by atoms with Crippen molar-refractivity contribution in [3.63, 3.8) is 0 Å². The van der Waals surface area contributed by atoms with Gasteiger partial charge in [0, 0.05) is 17.8 Å². The number of carbonyl (C=O) groups excluding carboxylic acids is 1. The molecule has 0 bridgehead atoms. The fourth-order valence-electron chi connectivity index (χ4n) is 1.26. The second-order valence-corrected chi connectivity index (χ2v) is 2.94. The zero-order valence-corrected chi connectivity index (χ0v) is 8.49. The molecule has 82 valence electrons.